The maximum Gasteiger partial charge on any atom is 0.0594 e. The second-order valence-electron chi connectivity index (χ2n) is 13.9. The van der Waals surface area contributed by atoms with Gasteiger partial charge >= 0.3 is 0 Å². The SMILES string of the molecule is C#C[C@]12CC[C@@H](C)[C@@H]1[C@H]1CC[C@@H]3[C@@]4(C)CC[C@H](O)C(C)(C)[C@@H]4CC[C@@]3(C)[C@]1(C)CC2. The van der Waals surface area contributed by atoms with Crippen LogP contribution in [0.3, 0.4) is 0 Å². The molecule has 5 aliphatic carbocycles. The van der Waals surface area contributed by atoms with Crippen LogP contribution in [0.5, 0.6) is 0 Å². The number of aliphatic hydroxyl groups is 1. The molecule has 5 saturated carbocycles. The minimum Gasteiger partial charge on any atom is -0.393 e. The summed E-state index contributed by atoms with van der Waals surface area (Å²) in [6.07, 6.45) is 19.0. The van der Waals surface area contributed by atoms with Crippen LogP contribution in [-0.2, 0) is 0 Å². The van der Waals surface area contributed by atoms with Crippen molar-refractivity contribution in [2.75, 3.05) is 0 Å². The van der Waals surface area contributed by atoms with Crippen molar-refractivity contribution in [3.8, 4) is 12.3 Å². The van der Waals surface area contributed by atoms with Gasteiger partial charge in [0.25, 0.3) is 0 Å². The molecule has 1 N–H and O–H groups in total. The van der Waals surface area contributed by atoms with Gasteiger partial charge in [-0.05, 0) is 115 Å². The van der Waals surface area contributed by atoms with Gasteiger partial charge in [0.15, 0.2) is 0 Å². The smallest absolute Gasteiger partial charge is 0.0594 e. The Labute approximate surface area is 186 Å². The highest BCUT2D eigenvalue weighted by Gasteiger charge is 2.70. The van der Waals surface area contributed by atoms with Gasteiger partial charge in [-0.1, -0.05) is 47.5 Å². The van der Waals surface area contributed by atoms with Crippen molar-refractivity contribution >= 4 is 0 Å². The van der Waals surface area contributed by atoms with Crippen LogP contribution in [0, 0.1) is 69.0 Å². The lowest BCUT2D eigenvalue weighted by atomic mass is 9.32. The molecule has 0 unspecified atom stereocenters. The van der Waals surface area contributed by atoms with Crippen LogP contribution in [0.4, 0.5) is 0 Å². The highest BCUT2D eigenvalue weighted by molar-refractivity contribution is 5.23. The first-order valence-corrected chi connectivity index (χ1v) is 13.1. The summed E-state index contributed by atoms with van der Waals surface area (Å²) >= 11 is 0. The zero-order chi connectivity index (χ0) is 21.7. The molecule has 0 amide bonds. The van der Waals surface area contributed by atoms with E-state index in [1.807, 2.05) is 0 Å². The van der Waals surface area contributed by atoms with E-state index >= 15 is 0 Å². The minimum atomic E-state index is -0.128. The molecule has 0 aliphatic heterocycles. The third kappa shape index (κ3) is 2.31. The molecule has 0 saturated heterocycles. The van der Waals surface area contributed by atoms with Crippen molar-refractivity contribution in [2.45, 2.75) is 112 Å². The Hall–Kier alpha value is -0.480. The van der Waals surface area contributed by atoms with Crippen molar-refractivity contribution in [3.05, 3.63) is 0 Å². The average molecular weight is 411 g/mol. The van der Waals surface area contributed by atoms with Gasteiger partial charge in [-0.15, -0.1) is 6.42 Å². The van der Waals surface area contributed by atoms with E-state index in [-0.39, 0.29) is 16.9 Å². The summed E-state index contributed by atoms with van der Waals surface area (Å²) in [7, 11) is 0. The zero-order valence-electron chi connectivity index (χ0n) is 20.6. The molecule has 1 nitrogen and oxygen atoms in total. The molecule has 0 heterocycles. The molecule has 10 atom stereocenters. The highest BCUT2D eigenvalue weighted by atomic mass is 16.3. The summed E-state index contributed by atoms with van der Waals surface area (Å²) in [4.78, 5) is 0. The predicted octanol–water partition coefficient (Wildman–Crippen LogP) is 7.08. The van der Waals surface area contributed by atoms with E-state index in [0.717, 1.165) is 30.1 Å². The molecule has 0 aromatic carbocycles. The van der Waals surface area contributed by atoms with Crippen molar-refractivity contribution in [3.63, 3.8) is 0 Å². The van der Waals surface area contributed by atoms with E-state index in [0.29, 0.717) is 22.2 Å². The van der Waals surface area contributed by atoms with Crippen LogP contribution in [0.2, 0.25) is 0 Å². The van der Waals surface area contributed by atoms with Gasteiger partial charge in [0.1, 0.15) is 0 Å². The van der Waals surface area contributed by atoms with Crippen molar-refractivity contribution in [1.82, 2.24) is 0 Å². The Morgan fingerprint density at radius 2 is 1.50 bits per heavy atom. The van der Waals surface area contributed by atoms with Gasteiger partial charge in [-0.3, -0.25) is 0 Å². The maximum absolute atomic E-state index is 10.9. The van der Waals surface area contributed by atoms with Crippen LogP contribution in [-0.4, -0.2) is 11.2 Å². The van der Waals surface area contributed by atoms with Crippen LogP contribution in [0.25, 0.3) is 0 Å². The first-order chi connectivity index (χ1) is 14.0. The largest absolute Gasteiger partial charge is 0.393 e. The van der Waals surface area contributed by atoms with E-state index in [1.165, 1.54) is 57.8 Å². The molecule has 0 bridgehead atoms. The highest BCUT2D eigenvalue weighted by Crippen LogP contribution is 2.77. The van der Waals surface area contributed by atoms with Crippen molar-refractivity contribution in [1.29, 1.82) is 0 Å². The molecule has 5 aliphatic rings. The summed E-state index contributed by atoms with van der Waals surface area (Å²) < 4.78 is 0. The van der Waals surface area contributed by atoms with Crippen LogP contribution in [0.1, 0.15) is 106 Å². The van der Waals surface area contributed by atoms with Crippen LogP contribution < -0.4 is 0 Å². The predicted molar refractivity (Wildman–Crippen MR) is 125 cm³/mol. The van der Waals surface area contributed by atoms with Crippen LogP contribution in [0.15, 0.2) is 0 Å². The Morgan fingerprint density at radius 1 is 0.767 bits per heavy atom. The molecule has 1 heteroatoms. The molecular weight excluding hydrogens is 364 g/mol. The summed E-state index contributed by atoms with van der Waals surface area (Å²) in [5.74, 6) is 7.19. The number of rotatable bonds is 0. The summed E-state index contributed by atoms with van der Waals surface area (Å²) in [5.41, 5.74) is 1.48. The van der Waals surface area contributed by atoms with Gasteiger partial charge in [0.2, 0.25) is 0 Å². The van der Waals surface area contributed by atoms with Gasteiger partial charge in [0, 0.05) is 5.41 Å². The molecule has 5 fully saturated rings. The monoisotopic (exact) mass is 410 g/mol. The third-order valence-corrected chi connectivity index (χ3v) is 13.0. The molecule has 5 rings (SSSR count). The lowest BCUT2D eigenvalue weighted by molar-refractivity contribution is -0.244. The quantitative estimate of drug-likeness (QED) is 0.423. The van der Waals surface area contributed by atoms with E-state index in [9.17, 15) is 5.11 Å². The van der Waals surface area contributed by atoms with E-state index < -0.39 is 0 Å². The standard InChI is InChI=1S/C29H46O/c1-8-29-16-11-19(2)24(29)20-9-10-22-26(5)14-13-23(30)25(3,4)21(26)12-15-28(22,7)27(20,6)17-18-29/h1,19-24,30H,9-18H2,2-7H3/t19-,20-,21+,22-,23+,24-,26+,27-,28-,29-/m1/s1. The Bertz CT molecular complexity index is 761. The minimum absolute atomic E-state index is 0.0528. The van der Waals surface area contributed by atoms with E-state index in [4.69, 9.17) is 6.42 Å². The normalized spacial score (nSPS) is 59.3. The Balaban J connectivity index is 1.55. The second kappa shape index (κ2) is 6.31. The third-order valence-electron chi connectivity index (χ3n) is 13.0. The molecule has 168 valence electrons. The lowest BCUT2D eigenvalue weighted by Crippen LogP contribution is -2.66. The van der Waals surface area contributed by atoms with Gasteiger partial charge in [-0.2, -0.15) is 0 Å². The fraction of sp³-hybridized carbons (Fsp3) is 0.931. The van der Waals surface area contributed by atoms with Crippen molar-refractivity contribution < 1.29 is 5.11 Å². The lowest BCUT2D eigenvalue weighted by Gasteiger charge is -2.72. The molecule has 0 radical (unpaired) electrons. The number of hydrogen-bond acceptors (Lipinski definition) is 1. The molecular formula is C29H46O. The second-order valence-corrected chi connectivity index (χ2v) is 13.9. The Kier molecular flexibility index (Phi) is 4.49. The van der Waals surface area contributed by atoms with E-state index in [1.54, 1.807) is 0 Å². The number of hydrogen-bond donors (Lipinski definition) is 1. The molecule has 30 heavy (non-hydrogen) atoms. The summed E-state index contributed by atoms with van der Waals surface area (Å²) in [5, 5.41) is 10.9. The molecule has 0 aromatic rings. The maximum atomic E-state index is 10.9. The van der Waals surface area contributed by atoms with Gasteiger partial charge in [-0.25, -0.2) is 0 Å². The Morgan fingerprint density at radius 3 is 2.20 bits per heavy atom. The van der Waals surface area contributed by atoms with Gasteiger partial charge < -0.3 is 5.11 Å². The average Bonchev–Trinajstić information content (AvgIpc) is 3.03. The first-order valence-electron chi connectivity index (χ1n) is 13.1. The number of fused-ring (bicyclic) bond motifs is 7. The summed E-state index contributed by atoms with van der Waals surface area (Å²) in [6.45, 7) is 15.3. The number of aliphatic hydroxyl groups excluding tert-OH is 1. The molecule has 0 spiro atoms. The number of terminal acetylenes is 1. The first kappa shape index (κ1) is 21.4. The van der Waals surface area contributed by atoms with Gasteiger partial charge in [0.05, 0.1) is 6.10 Å². The zero-order valence-corrected chi connectivity index (χ0v) is 20.6. The van der Waals surface area contributed by atoms with Crippen LogP contribution >= 0.6 is 0 Å². The van der Waals surface area contributed by atoms with E-state index in [2.05, 4.69) is 47.5 Å². The fourth-order valence-corrected chi connectivity index (χ4v) is 11.2. The molecule has 0 aromatic heterocycles. The summed E-state index contributed by atoms with van der Waals surface area (Å²) in [6, 6.07) is 0. The topological polar surface area (TPSA) is 20.2 Å². The van der Waals surface area contributed by atoms with Crippen molar-refractivity contribution in [2.24, 2.45) is 56.7 Å². The fourth-order valence-electron chi connectivity index (χ4n) is 11.2.